The summed E-state index contributed by atoms with van der Waals surface area (Å²) in [6, 6.07) is 0. The summed E-state index contributed by atoms with van der Waals surface area (Å²) >= 11 is 0. The number of esters is 1. The predicted molar refractivity (Wildman–Crippen MR) is 97.1 cm³/mol. The van der Waals surface area contributed by atoms with Gasteiger partial charge in [-0.1, -0.05) is 41.5 Å². The molecular weight excluding hydrogens is 308 g/mol. The van der Waals surface area contributed by atoms with E-state index in [2.05, 4.69) is 41.5 Å². The van der Waals surface area contributed by atoms with Gasteiger partial charge in [0, 0.05) is 13.0 Å². The second-order valence-corrected chi connectivity index (χ2v) is 13.7. The maximum Gasteiger partial charge on any atom is 0.313 e. The van der Waals surface area contributed by atoms with Crippen LogP contribution in [-0.4, -0.2) is 32.3 Å². The summed E-state index contributed by atoms with van der Waals surface area (Å²) < 4.78 is 11.5. The molecule has 0 spiro atoms. The standard InChI is InChI=1S/C18H36O4Si/c1-13(2)23(14(3)4,15(5)6)21-11-10-16(19)12-17(20)22-18(7,8)9/h13-15H,10-12H2,1-9H3. The topological polar surface area (TPSA) is 52.6 Å². The number of carbonyl (C=O) groups excluding carboxylic acids is 2. The van der Waals surface area contributed by atoms with Crippen molar-refractivity contribution in [1.82, 2.24) is 0 Å². The fraction of sp³-hybridized carbons (Fsp3) is 0.889. The van der Waals surface area contributed by atoms with E-state index < -0.39 is 19.9 Å². The predicted octanol–water partition coefficient (Wildman–Crippen LogP) is 4.87. The Morgan fingerprint density at radius 2 is 1.35 bits per heavy atom. The van der Waals surface area contributed by atoms with Crippen LogP contribution >= 0.6 is 0 Å². The van der Waals surface area contributed by atoms with Gasteiger partial charge in [0.1, 0.15) is 17.8 Å². The number of rotatable bonds is 9. The largest absolute Gasteiger partial charge is 0.460 e. The molecule has 0 unspecified atom stereocenters. The van der Waals surface area contributed by atoms with Crippen LogP contribution in [0.4, 0.5) is 0 Å². The lowest BCUT2D eigenvalue weighted by molar-refractivity contribution is -0.156. The van der Waals surface area contributed by atoms with Gasteiger partial charge >= 0.3 is 5.97 Å². The van der Waals surface area contributed by atoms with Gasteiger partial charge in [-0.3, -0.25) is 9.59 Å². The van der Waals surface area contributed by atoms with Gasteiger partial charge in [0.25, 0.3) is 0 Å². The van der Waals surface area contributed by atoms with Crippen molar-refractivity contribution < 1.29 is 18.8 Å². The minimum absolute atomic E-state index is 0.113. The molecule has 0 saturated carbocycles. The van der Waals surface area contributed by atoms with Gasteiger partial charge in [-0.05, 0) is 37.4 Å². The highest BCUT2D eigenvalue weighted by molar-refractivity contribution is 6.77. The molecule has 0 fully saturated rings. The number of hydrogen-bond acceptors (Lipinski definition) is 4. The van der Waals surface area contributed by atoms with Crippen LogP contribution in [0.15, 0.2) is 0 Å². The Kier molecular flexibility index (Phi) is 8.71. The van der Waals surface area contributed by atoms with Crippen LogP contribution in [0.5, 0.6) is 0 Å². The first-order chi connectivity index (χ1) is 10.3. The van der Waals surface area contributed by atoms with Crippen molar-refractivity contribution in [3.8, 4) is 0 Å². The molecular formula is C18H36O4Si. The van der Waals surface area contributed by atoms with E-state index >= 15 is 0 Å². The summed E-state index contributed by atoms with van der Waals surface area (Å²) in [4.78, 5) is 23.6. The first-order valence-corrected chi connectivity index (χ1v) is 10.8. The first-order valence-electron chi connectivity index (χ1n) is 8.70. The minimum atomic E-state index is -1.94. The maximum atomic E-state index is 12.0. The van der Waals surface area contributed by atoms with Gasteiger partial charge in [-0.25, -0.2) is 0 Å². The molecule has 0 amide bonds. The third kappa shape index (κ3) is 7.17. The second kappa shape index (κ2) is 8.97. The van der Waals surface area contributed by atoms with E-state index in [1.165, 1.54) is 0 Å². The van der Waals surface area contributed by atoms with E-state index in [4.69, 9.17) is 9.16 Å². The summed E-state index contributed by atoms with van der Waals surface area (Å²) in [6.45, 7) is 19.1. The van der Waals surface area contributed by atoms with E-state index in [0.717, 1.165) is 0 Å². The van der Waals surface area contributed by atoms with Crippen LogP contribution in [0.2, 0.25) is 16.6 Å². The van der Waals surface area contributed by atoms with Crippen LogP contribution in [0, 0.1) is 0 Å². The molecule has 4 nitrogen and oxygen atoms in total. The highest BCUT2D eigenvalue weighted by atomic mass is 28.4. The van der Waals surface area contributed by atoms with Crippen molar-refractivity contribution in [1.29, 1.82) is 0 Å². The Morgan fingerprint density at radius 3 is 1.70 bits per heavy atom. The van der Waals surface area contributed by atoms with Crippen molar-refractivity contribution >= 4 is 20.1 Å². The average molecular weight is 345 g/mol. The van der Waals surface area contributed by atoms with E-state index in [0.29, 0.717) is 23.2 Å². The van der Waals surface area contributed by atoms with Crippen molar-refractivity contribution in [3.63, 3.8) is 0 Å². The molecule has 0 aliphatic rings. The lowest BCUT2D eigenvalue weighted by atomic mass is 10.2. The van der Waals surface area contributed by atoms with Gasteiger partial charge in [-0.15, -0.1) is 0 Å². The van der Waals surface area contributed by atoms with E-state index in [1.807, 2.05) is 0 Å². The molecule has 23 heavy (non-hydrogen) atoms. The van der Waals surface area contributed by atoms with Crippen molar-refractivity contribution in [2.45, 2.75) is 97.4 Å². The van der Waals surface area contributed by atoms with Crippen LogP contribution in [0.1, 0.15) is 75.2 Å². The lowest BCUT2D eigenvalue weighted by Gasteiger charge is -2.42. The third-order valence-corrected chi connectivity index (χ3v) is 10.3. The Balaban J connectivity index is 4.56. The average Bonchev–Trinajstić information content (AvgIpc) is 2.30. The van der Waals surface area contributed by atoms with Gasteiger partial charge < -0.3 is 9.16 Å². The van der Waals surface area contributed by atoms with Crippen LogP contribution in [0.3, 0.4) is 0 Å². The summed E-state index contributed by atoms with van der Waals surface area (Å²) in [7, 11) is -1.94. The highest BCUT2D eigenvalue weighted by Crippen LogP contribution is 2.42. The molecule has 0 aromatic heterocycles. The second-order valence-electron chi connectivity index (χ2n) is 8.22. The van der Waals surface area contributed by atoms with Gasteiger partial charge in [0.2, 0.25) is 0 Å². The molecule has 0 rings (SSSR count). The first kappa shape index (κ1) is 22.3. The molecule has 0 aromatic rings. The molecule has 0 aliphatic carbocycles. The van der Waals surface area contributed by atoms with Crippen LogP contribution in [0.25, 0.3) is 0 Å². The number of carbonyl (C=O) groups is 2. The quantitative estimate of drug-likeness (QED) is 0.340. The van der Waals surface area contributed by atoms with Gasteiger partial charge in [0.15, 0.2) is 8.32 Å². The van der Waals surface area contributed by atoms with Gasteiger partial charge in [-0.2, -0.15) is 0 Å². The fourth-order valence-corrected chi connectivity index (χ4v) is 8.92. The summed E-state index contributed by atoms with van der Waals surface area (Å²) in [5.74, 6) is -0.569. The van der Waals surface area contributed by atoms with E-state index in [-0.39, 0.29) is 18.6 Å². The molecule has 136 valence electrons. The van der Waals surface area contributed by atoms with E-state index in [9.17, 15) is 9.59 Å². The Hall–Kier alpha value is -0.683. The number of ketones is 1. The zero-order valence-electron chi connectivity index (χ0n) is 16.5. The molecule has 0 saturated heterocycles. The normalized spacial score (nSPS) is 13.0. The van der Waals surface area contributed by atoms with Crippen molar-refractivity contribution in [2.24, 2.45) is 0 Å². The molecule has 0 heterocycles. The summed E-state index contributed by atoms with van der Waals surface area (Å²) in [5, 5.41) is 0. The lowest BCUT2D eigenvalue weighted by Crippen LogP contribution is -2.48. The monoisotopic (exact) mass is 344 g/mol. The molecule has 0 N–H and O–H groups in total. The van der Waals surface area contributed by atoms with Crippen molar-refractivity contribution in [2.75, 3.05) is 6.61 Å². The number of hydrogen-bond donors (Lipinski definition) is 0. The molecule has 0 radical (unpaired) electrons. The molecule has 0 aromatic carbocycles. The Bertz CT molecular complexity index is 373. The molecule has 5 heteroatoms. The molecule has 0 atom stereocenters. The van der Waals surface area contributed by atoms with Crippen LogP contribution < -0.4 is 0 Å². The molecule has 0 aliphatic heterocycles. The highest BCUT2D eigenvalue weighted by Gasteiger charge is 2.44. The fourth-order valence-electron chi connectivity index (χ4n) is 3.47. The van der Waals surface area contributed by atoms with Gasteiger partial charge in [0.05, 0.1) is 0 Å². The molecule has 0 bridgehead atoms. The van der Waals surface area contributed by atoms with E-state index in [1.54, 1.807) is 20.8 Å². The summed E-state index contributed by atoms with van der Waals surface area (Å²) in [5.41, 5.74) is 0.915. The van der Waals surface area contributed by atoms with Crippen LogP contribution in [-0.2, 0) is 18.8 Å². The third-order valence-electron chi connectivity index (χ3n) is 4.20. The maximum absolute atomic E-state index is 12.0. The number of Topliss-reactive ketones (excluding diaryl/α,β-unsaturated/α-hetero) is 1. The zero-order chi connectivity index (χ0) is 18.4. The number of ether oxygens (including phenoxy) is 1. The Morgan fingerprint density at radius 1 is 0.913 bits per heavy atom. The zero-order valence-corrected chi connectivity index (χ0v) is 17.5. The van der Waals surface area contributed by atoms with Crippen molar-refractivity contribution in [3.05, 3.63) is 0 Å². The summed E-state index contributed by atoms with van der Waals surface area (Å²) in [6.07, 6.45) is 0.111. The SMILES string of the molecule is CC(C)[Si](OCCC(=O)CC(=O)OC(C)(C)C)(C(C)C)C(C)C. The Labute approximate surface area is 143 Å². The smallest absolute Gasteiger partial charge is 0.313 e. The minimum Gasteiger partial charge on any atom is -0.460 e.